The highest BCUT2D eigenvalue weighted by atomic mass is 32.2. The van der Waals surface area contributed by atoms with Crippen molar-refractivity contribution in [3.8, 4) is 5.75 Å². The van der Waals surface area contributed by atoms with Gasteiger partial charge in [-0.05, 0) is 35.7 Å². The molecule has 3 rings (SSSR count). The van der Waals surface area contributed by atoms with Crippen LogP contribution in [0.15, 0.2) is 46.7 Å². The summed E-state index contributed by atoms with van der Waals surface area (Å²) in [6, 6.07) is 9.23. The Hall–Kier alpha value is -1.42. The van der Waals surface area contributed by atoms with Gasteiger partial charge < -0.3 is 10.1 Å². The summed E-state index contributed by atoms with van der Waals surface area (Å²) in [4.78, 5) is 1.14. The third-order valence-electron chi connectivity index (χ3n) is 4.21. The van der Waals surface area contributed by atoms with Crippen molar-refractivity contribution in [1.82, 2.24) is 5.32 Å². The third-order valence-corrected chi connectivity index (χ3v) is 9.25. The van der Waals surface area contributed by atoms with Crippen LogP contribution in [0.1, 0.15) is 4.88 Å². The second-order valence-electron chi connectivity index (χ2n) is 5.90. The molecule has 1 aliphatic heterocycles. The van der Waals surface area contributed by atoms with Gasteiger partial charge in [0.2, 0.25) is 0 Å². The lowest BCUT2D eigenvalue weighted by molar-refractivity contribution is 0.414. The van der Waals surface area contributed by atoms with E-state index in [0.717, 1.165) is 4.88 Å². The Bertz CT molecular complexity index is 919. The first kappa shape index (κ1) is 18.4. The summed E-state index contributed by atoms with van der Waals surface area (Å²) >= 11 is 1.54. The van der Waals surface area contributed by atoms with Crippen molar-refractivity contribution >= 4 is 31.0 Å². The van der Waals surface area contributed by atoms with E-state index >= 15 is 0 Å². The van der Waals surface area contributed by atoms with Gasteiger partial charge in [0, 0.05) is 17.5 Å². The van der Waals surface area contributed by atoms with E-state index in [1.807, 2.05) is 17.5 Å². The molecule has 0 amide bonds. The van der Waals surface area contributed by atoms with E-state index in [4.69, 9.17) is 4.74 Å². The Morgan fingerprint density at radius 1 is 1.20 bits per heavy atom. The van der Waals surface area contributed by atoms with Crippen LogP contribution >= 0.6 is 11.3 Å². The molecule has 0 aliphatic carbocycles. The molecular formula is C16H19NO5S3. The van der Waals surface area contributed by atoms with Crippen molar-refractivity contribution in [2.24, 2.45) is 0 Å². The van der Waals surface area contributed by atoms with Crippen molar-refractivity contribution < 1.29 is 21.6 Å². The fourth-order valence-corrected chi connectivity index (χ4v) is 8.27. The van der Waals surface area contributed by atoms with Crippen LogP contribution in [0.3, 0.4) is 0 Å². The molecule has 0 unspecified atom stereocenters. The van der Waals surface area contributed by atoms with Gasteiger partial charge in [-0.15, -0.1) is 11.3 Å². The van der Waals surface area contributed by atoms with Crippen LogP contribution in [-0.4, -0.2) is 46.7 Å². The van der Waals surface area contributed by atoms with Crippen molar-refractivity contribution in [2.75, 3.05) is 18.6 Å². The van der Waals surface area contributed by atoms with Crippen LogP contribution in [0.4, 0.5) is 0 Å². The molecule has 0 spiro atoms. The summed E-state index contributed by atoms with van der Waals surface area (Å²) < 4.78 is 55.1. The molecule has 1 aliphatic rings. The van der Waals surface area contributed by atoms with Crippen molar-refractivity contribution in [1.29, 1.82) is 0 Å². The first-order chi connectivity index (χ1) is 11.8. The number of hydrogen-bond donors (Lipinski definition) is 1. The van der Waals surface area contributed by atoms with E-state index in [1.54, 1.807) is 23.5 Å². The molecule has 1 aromatic heterocycles. The van der Waals surface area contributed by atoms with Crippen LogP contribution in [-0.2, 0) is 26.2 Å². The van der Waals surface area contributed by atoms with Gasteiger partial charge in [0.25, 0.3) is 0 Å². The van der Waals surface area contributed by atoms with E-state index in [0.29, 0.717) is 12.3 Å². The lowest BCUT2D eigenvalue weighted by atomic mass is 10.2. The maximum absolute atomic E-state index is 13.0. The smallest absolute Gasteiger partial charge is 0.183 e. The van der Waals surface area contributed by atoms with E-state index in [2.05, 4.69) is 5.32 Å². The van der Waals surface area contributed by atoms with Crippen LogP contribution in [0.2, 0.25) is 0 Å². The van der Waals surface area contributed by atoms with Gasteiger partial charge in [-0.25, -0.2) is 16.8 Å². The van der Waals surface area contributed by atoms with Crippen molar-refractivity contribution in [3.63, 3.8) is 0 Å². The van der Waals surface area contributed by atoms with Gasteiger partial charge in [0.05, 0.1) is 28.8 Å². The summed E-state index contributed by atoms with van der Waals surface area (Å²) in [5.41, 5.74) is 0. The normalized spacial score (nSPS) is 22.8. The molecule has 25 heavy (non-hydrogen) atoms. The number of methoxy groups -OCH3 is 1. The largest absolute Gasteiger partial charge is 0.497 e. The van der Waals surface area contributed by atoms with Gasteiger partial charge in [-0.2, -0.15) is 0 Å². The van der Waals surface area contributed by atoms with Crippen LogP contribution in [0.5, 0.6) is 5.75 Å². The van der Waals surface area contributed by atoms with E-state index < -0.39 is 31.0 Å². The fraction of sp³-hybridized carbons (Fsp3) is 0.375. The lowest BCUT2D eigenvalue weighted by Crippen LogP contribution is -2.42. The first-order valence-corrected chi connectivity index (χ1v) is 11.9. The number of thiophene rings is 1. The number of ether oxygens (including phenoxy) is 1. The number of sulfone groups is 2. The number of hydrogen-bond acceptors (Lipinski definition) is 7. The Kier molecular flexibility index (Phi) is 5.19. The highest BCUT2D eigenvalue weighted by Crippen LogP contribution is 2.27. The minimum atomic E-state index is -3.77. The van der Waals surface area contributed by atoms with Gasteiger partial charge in [-0.1, -0.05) is 6.07 Å². The number of benzene rings is 1. The Morgan fingerprint density at radius 3 is 2.52 bits per heavy atom. The van der Waals surface area contributed by atoms with Crippen LogP contribution in [0, 0.1) is 0 Å². The standard InChI is InChI=1S/C16H19NO5S3/c1-22-12-4-6-14(7-5-12)25(20,21)16-11-24(18,19)10-15(16)17-9-13-3-2-8-23-13/h2-8,15-17H,9-11H2,1H3/t15-,16-/m0/s1. The van der Waals surface area contributed by atoms with Gasteiger partial charge >= 0.3 is 0 Å². The van der Waals surface area contributed by atoms with Gasteiger partial charge in [-0.3, -0.25) is 0 Å². The quantitative estimate of drug-likeness (QED) is 0.789. The third kappa shape index (κ3) is 4.05. The average Bonchev–Trinajstić information content (AvgIpc) is 3.20. The van der Waals surface area contributed by atoms with Gasteiger partial charge in [0.1, 0.15) is 5.75 Å². The molecule has 0 bridgehead atoms. The van der Waals surface area contributed by atoms with Crippen LogP contribution < -0.4 is 10.1 Å². The SMILES string of the molecule is COc1ccc(S(=O)(=O)[C@H]2CS(=O)(=O)C[C@@H]2NCc2cccs2)cc1. The molecule has 2 atom stereocenters. The molecule has 1 N–H and O–H groups in total. The maximum atomic E-state index is 13.0. The molecule has 136 valence electrons. The summed E-state index contributed by atoms with van der Waals surface area (Å²) in [5.74, 6) is 0.0207. The molecule has 0 radical (unpaired) electrons. The molecule has 1 fully saturated rings. The highest BCUT2D eigenvalue weighted by Gasteiger charge is 2.45. The Balaban J connectivity index is 1.85. The van der Waals surface area contributed by atoms with Gasteiger partial charge in [0.15, 0.2) is 19.7 Å². The zero-order valence-electron chi connectivity index (χ0n) is 13.6. The second kappa shape index (κ2) is 7.06. The molecule has 9 heteroatoms. The topological polar surface area (TPSA) is 89.5 Å². The predicted octanol–water partition coefficient (Wildman–Crippen LogP) is 1.49. The highest BCUT2D eigenvalue weighted by molar-refractivity contribution is 7.96. The molecule has 1 saturated heterocycles. The Labute approximate surface area is 151 Å². The first-order valence-electron chi connectivity index (χ1n) is 7.66. The number of nitrogens with one attached hydrogen (secondary N) is 1. The average molecular weight is 402 g/mol. The predicted molar refractivity (Wildman–Crippen MR) is 97.6 cm³/mol. The monoisotopic (exact) mass is 401 g/mol. The Morgan fingerprint density at radius 2 is 1.92 bits per heavy atom. The minimum absolute atomic E-state index is 0.110. The zero-order chi connectivity index (χ0) is 18.1. The lowest BCUT2D eigenvalue weighted by Gasteiger charge is -2.20. The molecule has 6 nitrogen and oxygen atoms in total. The van der Waals surface area contributed by atoms with E-state index in [-0.39, 0.29) is 16.4 Å². The molecule has 2 heterocycles. The molecule has 0 saturated carbocycles. The molecule has 2 aromatic rings. The summed E-state index contributed by atoms with van der Waals surface area (Å²) in [6.45, 7) is 0.451. The van der Waals surface area contributed by atoms with E-state index in [9.17, 15) is 16.8 Å². The minimum Gasteiger partial charge on any atom is -0.497 e. The maximum Gasteiger partial charge on any atom is 0.183 e. The summed E-state index contributed by atoms with van der Waals surface area (Å²) in [5, 5.41) is 4.05. The van der Waals surface area contributed by atoms with Crippen molar-refractivity contribution in [2.45, 2.75) is 22.7 Å². The second-order valence-corrected chi connectivity index (χ2v) is 11.3. The summed E-state index contributed by atoms with van der Waals surface area (Å²) in [6.07, 6.45) is 0. The molecule has 1 aromatic carbocycles. The van der Waals surface area contributed by atoms with E-state index in [1.165, 1.54) is 19.2 Å². The van der Waals surface area contributed by atoms with Crippen LogP contribution in [0.25, 0.3) is 0 Å². The zero-order valence-corrected chi connectivity index (χ0v) is 16.0. The number of rotatable bonds is 6. The summed E-state index contributed by atoms with van der Waals surface area (Å²) in [7, 11) is -5.67. The molecular weight excluding hydrogens is 382 g/mol. The van der Waals surface area contributed by atoms with Crippen molar-refractivity contribution in [3.05, 3.63) is 46.7 Å². The fourth-order valence-electron chi connectivity index (χ4n) is 2.90.